The monoisotopic (exact) mass is 257 g/mol. The summed E-state index contributed by atoms with van der Waals surface area (Å²) in [6, 6.07) is 0. The first-order chi connectivity index (χ1) is 8.52. The fourth-order valence-corrected chi connectivity index (χ4v) is 1.52. The molecule has 5 N–H and O–H groups in total. The number of hydrogen-bond acceptors (Lipinski definition) is 7. The van der Waals surface area contributed by atoms with Crippen molar-refractivity contribution in [1.82, 2.24) is 19.5 Å². The van der Waals surface area contributed by atoms with Crippen molar-refractivity contribution in [2.45, 2.75) is 18.8 Å². The molecular formula is C9H12FN5O3. The Morgan fingerprint density at radius 2 is 2.06 bits per heavy atom. The van der Waals surface area contributed by atoms with Crippen LogP contribution in [-0.4, -0.2) is 53.7 Å². The third kappa shape index (κ3) is 2.23. The van der Waals surface area contributed by atoms with Crippen molar-refractivity contribution < 1.29 is 19.7 Å². The maximum atomic E-state index is 13.0. The van der Waals surface area contributed by atoms with E-state index in [-0.39, 0.29) is 23.5 Å². The Morgan fingerprint density at radius 1 is 1.33 bits per heavy atom. The smallest absolute Gasteiger partial charge is 0.312 e. The molecule has 0 aliphatic rings. The summed E-state index contributed by atoms with van der Waals surface area (Å²) in [6.07, 6.45) is -2.24. The maximum Gasteiger partial charge on any atom is 0.312 e. The highest BCUT2D eigenvalue weighted by molar-refractivity contribution is 5.81. The van der Waals surface area contributed by atoms with E-state index in [9.17, 15) is 14.6 Å². The second-order valence-corrected chi connectivity index (χ2v) is 3.76. The molecule has 98 valence electrons. The normalized spacial score (nSPS) is 14.9. The average molecular weight is 257 g/mol. The maximum absolute atomic E-state index is 13.0. The fraction of sp³-hybridized carbons (Fsp3) is 0.444. The van der Waals surface area contributed by atoms with Crippen LogP contribution in [0.15, 0.2) is 6.33 Å². The van der Waals surface area contributed by atoms with Gasteiger partial charge in [-0.2, -0.15) is 14.4 Å². The molecule has 2 aromatic heterocycles. The third-order valence-electron chi connectivity index (χ3n) is 2.48. The first-order valence-corrected chi connectivity index (χ1v) is 5.13. The molecule has 2 aromatic rings. The highest BCUT2D eigenvalue weighted by atomic mass is 19.1. The van der Waals surface area contributed by atoms with Crippen molar-refractivity contribution in [3.63, 3.8) is 0 Å². The predicted molar refractivity (Wildman–Crippen MR) is 58.8 cm³/mol. The van der Waals surface area contributed by atoms with Crippen LogP contribution in [0.4, 0.5) is 10.2 Å². The number of anilines is 1. The number of nitrogen functional groups attached to an aromatic ring is 1. The Labute approximate surface area is 101 Å². The number of imidazole rings is 1. The van der Waals surface area contributed by atoms with Crippen LogP contribution in [0.25, 0.3) is 11.2 Å². The van der Waals surface area contributed by atoms with Gasteiger partial charge in [0.25, 0.3) is 0 Å². The van der Waals surface area contributed by atoms with E-state index >= 15 is 0 Å². The lowest BCUT2D eigenvalue weighted by atomic mass is 10.2. The molecule has 2 atom stereocenters. The van der Waals surface area contributed by atoms with E-state index in [4.69, 9.17) is 10.8 Å². The number of nitrogens with zero attached hydrogens (tertiary/aromatic N) is 4. The third-order valence-corrected chi connectivity index (χ3v) is 2.48. The molecule has 18 heavy (non-hydrogen) atoms. The number of aliphatic hydroxyl groups excluding tert-OH is 3. The van der Waals surface area contributed by atoms with Crippen molar-refractivity contribution in [2.75, 3.05) is 12.3 Å². The summed E-state index contributed by atoms with van der Waals surface area (Å²) in [6.45, 7) is -0.687. The highest BCUT2D eigenvalue weighted by Crippen LogP contribution is 2.16. The van der Waals surface area contributed by atoms with Gasteiger partial charge in [0.05, 0.1) is 19.5 Å². The molecule has 0 saturated carbocycles. The summed E-state index contributed by atoms with van der Waals surface area (Å²) in [5, 5.41) is 27.5. The molecule has 0 saturated heterocycles. The van der Waals surface area contributed by atoms with Crippen LogP contribution >= 0.6 is 0 Å². The van der Waals surface area contributed by atoms with Crippen LogP contribution in [0, 0.1) is 6.08 Å². The summed E-state index contributed by atoms with van der Waals surface area (Å²) in [4.78, 5) is 10.7. The van der Waals surface area contributed by atoms with Gasteiger partial charge in [-0.25, -0.2) is 4.98 Å². The molecule has 0 unspecified atom stereocenters. The largest absolute Gasteiger partial charge is 0.394 e. The molecule has 0 amide bonds. The summed E-state index contributed by atoms with van der Waals surface area (Å²) in [7, 11) is 0. The van der Waals surface area contributed by atoms with Crippen molar-refractivity contribution in [3.05, 3.63) is 12.4 Å². The second-order valence-electron chi connectivity index (χ2n) is 3.76. The van der Waals surface area contributed by atoms with Gasteiger partial charge in [-0.05, 0) is 0 Å². The van der Waals surface area contributed by atoms with Crippen LogP contribution in [0.2, 0.25) is 0 Å². The molecular weight excluding hydrogens is 245 g/mol. The summed E-state index contributed by atoms with van der Waals surface area (Å²) in [5.74, 6) is -0.103. The van der Waals surface area contributed by atoms with Crippen LogP contribution in [0.5, 0.6) is 0 Å². The SMILES string of the molecule is Nc1nc(F)nc2c1ncn2C[C@H](O)[C@H](O)CO. The lowest BCUT2D eigenvalue weighted by molar-refractivity contribution is -0.0211. The van der Waals surface area contributed by atoms with E-state index in [1.807, 2.05) is 0 Å². The zero-order chi connectivity index (χ0) is 13.3. The van der Waals surface area contributed by atoms with E-state index in [2.05, 4.69) is 15.0 Å². The minimum atomic E-state index is -1.30. The summed E-state index contributed by atoms with van der Waals surface area (Å²) in [5.41, 5.74) is 5.79. The van der Waals surface area contributed by atoms with Crippen molar-refractivity contribution in [3.8, 4) is 0 Å². The van der Waals surface area contributed by atoms with Gasteiger partial charge < -0.3 is 25.6 Å². The number of nitrogens with two attached hydrogens (primary N) is 1. The predicted octanol–water partition coefficient (Wildman–Crippen LogP) is -1.74. The molecule has 9 heteroatoms. The van der Waals surface area contributed by atoms with E-state index in [0.29, 0.717) is 0 Å². The number of rotatable bonds is 4. The molecule has 0 fully saturated rings. The summed E-state index contributed by atoms with van der Waals surface area (Å²) >= 11 is 0. The minimum absolute atomic E-state index is 0.103. The second kappa shape index (κ2) is 4.80. The zero-order valence-corrected chi connectivity index (χ0v) is 9.23. The number of hydrogen-bond donors (Lipinski definition) is 4. The quantitative estimate of drug-likeness (QED) is 0.478. The first kappa shape index (κ1) is 12.6. The van der Waals surface area contributed by atoms with Crippen molar-refractivity contribution in [1.29, 1.82) is 0 Å². The van der Waals surface area contributed by atoms with Gasteiger partial charge in [-0.15, -0.1) is 0 Å². The molecule has 0 aliphatic carbocycles. The van der Waals surface area contributed by atoms with E-state index < -0.39 is 24.9 Å². The Bertz CT molecular complexity index is 560. The molecule has 0 radical (unpaired) electrons. The summed E-state index contributed by atoms with van der Waals surface area (Å²) < 4.78 is 14.3. The Balaban J connectivity index is 2.35. The number of fused-ring (bicyclic) bond motifs is 1. The van der Waals surface area contributed by atoms with Gasteiger partial charge in [0.15, 0.2) is 11.5 Å². The first-order valence-electron chi connectivity index (χ1n) is 5.13. The van der Waals surface area contributed by atoms with Gasteiger partial charge in [0.2, 0.25) is 0 Å². The van der Waals surface area contributed by atoms with E-state index in [1.54, 1.807) is 0 Å². The number of halogens is 1. The Morgan fingerprint density at radius 3 is 2.72 bits per heavy atom. The molecule has 0 spiro atoms. The molecule has 2 heterocycles. The van der Waals surface area contributed by atoms with Gasteiger partial charge in [0, 0.05) is 0 Å². The molecule has 8 nitrogen and oxygen atoms in total. The number of aromatic nitrogens is 4. The molecule has 2 rings (SSSR count). The fourth-order valence-electron chi connectivity index (χ4n) is 1.52. The minimum Gasteiger partial charge on any atom is -0.394 e. The Kier molecular flexibility index (Phi) is 3.36. The topological polar surface area (TPSA) is 130 Å². The van der Waals surface area contributed by atoms with Gasteiger partial charge in [0.1, 0.15) is 17.7 Å². The lowest BCUT2D eigenvalue weighted by Crippen LogP contribution is -2.33. The van der Waals surface area contributed by atoms with Crippen molar-refractivity contribution in [2.24, 2.45) is 0 Å². The van der Waals surface area contributed by atoms with Crippen LogP contribution < -0.4 is 5.73 Å². The van der Waals surface area contributed by atoms with Gasteiger partial charge in [-0.3, -0.25) is 0 Å². The van der Waals surface area contributed by atoms with Gasteiger partial charge >= 0.3 is 6.08 Å². The lowest BCUT2D eigenvalue weighted by Gasteiger charge is -2.15. The van der Waals surface area contributed by atoms with Gasteiger partial charge in [-0.1, -0.05) is 0 Å². The Hall–Kier alpha value is -1.84. The molecule has 0 aromatic carbocycles. The standard InChI is InChI=1S/C9H12FN5O3/c10-9-13-7(11)6-8(14-9)15(3-12-6)1-4(17)5(18)2-16/h3-5,16-18H,1-2H2,(H2,11,13,14)/t4-,5+/m0/s1. The van der Waals surface area contributed by atoms with Crippen LogP contribution in [0.1, 0.15) is 0 Å². The molecule has 0 aliphatic heterocycles. The van der Waals surface area contributed by atoms with Crippen LogP contribution in [0.3, 0.4) is 0 Å². The average Bonchev–Trinajstić information content (AvgIpc) is 2.71. The number of aliphatic hydroxyl groups is 3. The molecule has 0 bridgehead atoms. The highest BCUT2D eigenvalue weighted by Gasteiger charge is 2.18. The zero-order valence-electron chi connectivity index (χ0n) is 9.23. The van der Waals surface area contributed by atoms with Crippen LogP contribution in [-0.2, 0) is 6.54 Å². The van der Waals surface area contributed by atoms with Crippen molar-refractivity contribution >= 4 is 17.0 Å². The van der Waals surface area contributed by atoms with E-state index in [0.717, 1.165) is 0 Å². The van der Waals surface area contributed by atoms with E-state index in [1.165, 1.54) is 10.9 Å².